The second-order valence-electron chi connectivity index (χ2n) is 8.53. The Labute approximate surface area is 183 Å². The first kappa shape index (κ1) is 22.7. The van der Waals surface area contributed by atoms with Crippen LogP contribution in [0.25, 0.3) is 11.1 Å². The summed E-state index contributed by atoms with van der Waals surface area (Å²) in [5, 5.41) is 0. The average molecular weight is 470 g/mol. The molecule has 0 radical (unpaired) electrons. The first-order valence-corrected chi connectivity index (χ1v) is 12.0. The molecule has 172 valence electrons. The van der Waals surface area contributed by atoms with Crippen molar-refractivity contribution in [2.45, 2.75) is 25.1 Å². The lowest BCUT2D eigenvalue weighted by molar-refractivity contribution is -0.145. The number of sulfonamides is 1. The molecular formula is C22H22F4N2O3S. The summed E-state index contributed by atoms with van der Waals surface area (Å²) in [7, 11) is -3.47. The van der Waals surface area contributed by atoms with Crippen LogP contribution in [0.5, 0.6) is 0 Å². The number of hydrogen-bond acceptors (Lipinski definition) is 3. The highest BCUT2D eigenvalue weighted by atomic mass is 32.2. The van der Waals surface area contributed by atoms with E-state index in [1.807, 2.05) is 6.92 Å². The third-order valence-corrected chi connectivity index (χ3v) is 6.92. The lowest BCUT2D eigenvalue weighted by atomic mass is 9.89. The molecule has 32 heavy (non-hydrogen) atoms. The molecule has 2 fully saturated rings. The van der Waals surface area contributed by atoms with Gasteiger partial charge in [-0.3, -0.25) is 4.79 Å². The van der Waals surface area contributed by atoms with Gasteiger partial charge in [0.1, 0.15) is 17.5 Å². The Kier molecular flexibility index (Phi) is 5.57. The molecule has 2 aromatic rings. The third kappa shape index (κ3) is 3.90. The number of nitrogens with zero attached hydrogens (tertiary/aromatic N) is 1. The van der Waals surface area contributed by atoms with Crippen LogP contribution in [0.3, 0.4) is 0 Å². The molecule has 4 atom stereocenters. The van der Waals surface area contributed by atoms with Crippen LogP contribution in [0.4, 0.5) is 17.6 Å². The third-order valence-electron chi connectivity index (χ3n) is 6.23. The van der Waals surface area contributed by atoms with Gasteiger partial charge in [0.2, 0.25) is 15.9 Å². The molecule has 1 saturated carbocycles. The number of amides is 1. The summed E-state index contributed by atoms with van der Waals surface area (Å²) in [4.78, 5) is 14.4. The van der Waals surface area contributed by atoms with Crippen LogP contribution < -0.4 is 4.72 Å². The molecule has 0 aromatic heterocycles. The summed E-state index contributed by atoms with van der Waals surface area (Å²) in [5.41, 5.74) is -3.78. The highest BCUT2D eigenvalue weighted by Gasteiger charge is 2.65. The minimum absolute atomic E-state index is 0.00232. The predicted molar refractivity (Wildman–Crippen MR) is 110 cm³/mol. The first-order chi connectivity index (χ1) is 14.9. The van der Waals surface area contributed by atoms with Crippen molar-refractivity contribution in [2.75, 3.05) is 19.3 Å². The van der Waals surface area contributed by atoms with E-state index in [2.05, 4.69) is 4.72 Å². The number of hydrogen-bond donors (Lipinski definition) is 1. The molecule has 1 aliphatic carbocycles. The van der Waals surface area contributed by atoms with Gasteiger partial charge in [-0.2, -0.15) is 0 Å². The normalized spacial score (nSPS) is 27.2. The highest BCUT2D eigenvalue weighted by Crippen LogP contribution is 2.60. The van der Waals surface area contributed by atoms with Gasteiger partial charge in [-0.1, -0.05) is 25.1 Å². The van der Waals surface area contributed by atoms with E-state index in [9.17, 15) is 26.4 Å². The van der Waals surface area contributed by atoms with Crippen LogP contribution in [0, 0.1) is 29.3 Å². The van der Waals surface area contributed by atoms with Gasteiger partial charge in [0.25, 0.3) is 0 Å². The molecule has 10 heteroatoms. The lowest BCUT2D eigenvalue weighted by Crippen LogP contribution is -2.62. The monoisotopic (exact) mass is 470 g/mol. The van der Waals surface area contributed by atoms with E-state index in [0.29, 0.717) is 6.54 Å². The number of carbonyl (C=O) groups is 1. The summed E-state index contributed by atoms with van der Waals surface area (Å²) >= 11 is 0. The van der Waals surface area contributed by atoms with E-state index in [0.717, 1.165) is 30.5 Å². The number of carbonyl (C=O) groups excluding carboxylic acids is 1. The van der Waals surface area contributed by atoms with Gasteiger partial charge < -0.3 is 4.90 Å². The van der Waals surface area contributed by atoms with Crippen molar-refractivity contribution in [2.24, 2.45) is 11.8 Å². The Bertz CT molecular complexity index is 1170. The van der Waals surface area contributed by atoms with Crippen LogP contribution in [-0.4, -0.2) is 44.6 Å². The van der Waals surface area contributed by atoms with Crippen molar-refractivity contribution in [3.63, 3.8) is 0 Å². The van der Waals surface area contributed by atoms with Crippen LogP contribution in [0.1, 0.15) is 18.9 Å². The Morgan fingerprint density at radius 2 is 1.72 bits per heavy atom. The van der Waals surface area contributed by atoms with E-state index in [4.69, 9.17) is 0 Å². The van der Waals surface area contributed by atoms with Crippen molar-refractivity contribution in [1.82, 2.24) is 9.62 Å². The van der Waals surface area contributed by atoms with Gasteiger partial charge in [-0.05, 0) is 29.7 Å². The van der Waals surface area contributed by atoms with E-state index in [1.54, 1.807) is 0 Å². The number of nitrogens with one attached hydrogen (secondary N) is 1. The molecule has 2 aliphatic rings. The van der Waals surface area contributed by atoms with Gasteiger partial charge >= 0.3 is 0 Å². The molecule has 1 saturated heterocycles. The Morgan fingerprint density at radius 3 is 2.31 bits per heavy atom. The molecule has 5 nitrogen and oxygen atoms in total. The van der Waals surface area contributed by atoms with Crippen LogP contribution >= 0.6 is 0 Å². The lowest BCUT2D eigenvalue weighted by Gasteiger charge is -2.47. The topological polar surface area (TPSA) is 66.5 Å². The SMILES string of the molecule is C[C@@H]1CN(C(=O)[C@@H]2C[C@@]2(F)c2c(F)cccc2-c2c(F)cccc2F)[C@@H]1CNS(C)(=O)=O. The van der Waals surface area contributed by atoms with Gasteiger partial charge in [0.15, 0.2) is 5.67 Å². The second kappa shape index (κ2) is 7.84. The molecular weight excluding hydrogens is 448 g/mol. The van der Waals surface area contributed by atoms with E-state index < -0.39 is 62.1 Å². The summed E-state index contributed by atoms with van der Waals surface area (Å²) in [6.45, 7) is 2.14. The maximum atomic E-state index is 15.9. The molecule has 1 heterocycles. The predicted octanol–water partition coefficient (Wildman–Crippen LogP) is 3.35. The highest BCUT2D eigenvalue weighted by molar-refractivity contribution is 7.88. The largest absolute Gasteiger partial charge is 0.337 e. The maximum Gasteiger partial charge on any atom is 0.229 e. The van der Waals surface area contributed by atoms with E-state index in [1.165, 1.54) is 17.0 Å². The van der Waals surface area contributed by atoms with Crippen molar-refractivity contribution in [1.29, 1.82) is 0 Å². The molecule has 0 spiro atoms. The van der Waals surface area contributed by atoms with Crippen molar-refractivity contribution in [3.05, 3.63) is 59.4 Å². The van der Waals surface area contributed by atoms with E-state index >= 15 is 4.39 Å². The van der Waals surface area contributed by atoms with Crippen LogP contribution in [-0.2, 0) is 20.5 Å². The molecule has 1 aliphatic heterocycles. The number of halogens is 4. The molecule has 2 aromatic carbocycles. The zero-order valence-electron chi connectivity index (χ0n) is 17.4. The minimum Gasteiger partial charge on any atom is -0.337 e. The summed E-state index contributed by atoms with van der Waals surface area (Å²) in [5.74, 6) is -4.72. The van der Waals surface area contributed by atoms with Crippen LogP contribution in [0.2, 0.25) is 0 Å². The summed E-state index contributed by atoms with van der Waals surface area (Å²) in [6, 6.07) is 6.13. The van der Waals surface area contributed by atoms with Crippen molar-refractivity contribution >= 4 is 15.9 Å². The molecule has 1 amide bonds. The average Bonchev–Trinajstić information content (AvgIpc) is 3.37. The van der Waals surface area contributed by atoms with E-state index in [-0.39, 0.29) is 24.4 Å². The fourth-order valence-electron chi connectivity index (χ4n) is 4.45. The zero-order chi connectivity index (χ0) is 23.4. The summed E-state index contributed by atoms with van der Waals surface area (Å²) < 4.78 is 84.5. The molecule has 0 bridgehead atoms. The molecule has 0 unspecified atom stereocenters. The fourth-order valence-corrected chi connectivity index (χ4v) is 4.92. The van der Waals surface area contributed by atoms with Crippen molar-refractivity contribution in [3.8, 4) is 11.1 Å². The first-order valence-electron chi connectivity index (χ1n) is 10.1. The number of likely N-dealkylation sites (tertiary alicyclic amines) is 1. The zero-order valence-corrected chi connectivity index (χ0v) is 18.2. The number of benzene rings is 2. The standard InChI is InChI=1S/C22H22F4N2O3S/c1-12-11-28(18(12)10-27-32(2,30)31)21(29)14-9-22(14,26)20-13(5-3-8-17(20)25)19-15(23)6-4-7-16(19)24/h3-8,12,14,18,27H,9-11H2,1-2H3/t12-,14+,18-,22+/m1/s1. The summed E-state index contributed by atoms with van der Waals surface area (Å²) in [6.07, 6.45) is 0.671. The smallest absolute Gasteiger partial charge is 0.229 e. The number of alkyl halides is 1. The van der Waals surface area contributed by atoms with Gasteiger partial charge in [-0.15, -0.1) is 0 Å². The fraction of sp³-hybridized carbons (Fsp3) is 0.409. The Balaban J connectivity index is 1.63. The quantitative estimate of drug-likeness (QED) is 0.659. The molecule has 1 N–H and O–H groups in total. The van der Waals surface area contributed by atoms with Gasteiger partial charge in [-0.25, -0.2) is 30.7 Å². The maximum absolute atomic E-state index is 15.9. The van der Waals surface area contributed by atoms with Crippen molar-refractivity contribution < 1.29 is 30.8 Å². The molecule has 4 rings (SSSR count). The minimum atomic E-state index is -3.47. The van der Waals surface area contributed by atoms with Crippen LogP contribution in [0.15, 0.2) is 36.4 Å². The number of rotatable bonds is 6. The van der Waals surface area contributed by atoms with Gasteiger partial charge in [0.05, 0.1) is 17.7 Å². The Morgan fingerprint density at radius 1 is 1.12 bits per heavy atom. The second-order valence-corrected chi connectivity index (χ2v) is 10.4. The Hall–Kier alpha value is -2.46. The van der Waals surface area contributed by atoms with Gasteiger partial charge in [0, 0.05) is 31.1 Å².